The van der Waals surface area contributed by atoms with E-state index in [0.717, 1.165) is 22.0 Å². The van der Waals surface area contributed by atoms with Gasteiger partial charge >= 0.3 is 5.97 Å². The molecule has 0 atom stereocenters. The molecule has 2 aromatic carbocycles. The van der Waals surface area contributed by atoms with Crippen LogP contribution < -0.4 is 5.73 Å². The summed E-state index contributed by atoms with van der Waals surface area (Å²) in [4.78, 5) is 14.4. The number of hydrogen-bond donors (Lipinski definition) is 3. The first-order valence-electron chi connectivity index (χ1n) is 7.44. The fourth-order valence-corrected chi connectivity index (χ4v) is 2.83. The van der Waals surface area contributed by atoms with Crippen LogP contribution in [0.25, 0.3) is 22.0 Å². The van der Waals surface area contributed by atoms with E-state index >= 15 is 0 Å². The number of rotatable bonds is 5. The number of benzene rings is 2. The van der Waals surface area contributed by atoms with Crippen molar-refractivity contribution >= 4 is 16.9 Å². The van der Waals surface area contributed by atoms with Crippen molar-refractivity contribution in [1.29, 1.82) is 0 Å². The van der Waals surface area contributed by atoms with Crippen molar-refractivity contribution in [2.75, 3.05) is 6.54 Å². The lowest BCUT2D eigenvalue weighted by molar-refractivity contribution is 0.0690. The van der Waals surface area contributed by atoms with Crippen molar-refractivity contribution < 1.29 is 14.3 Å². The van der Waals surface area contributed by atoms with Gasteiger partial charge in [-0.05, 0) is 48.7 Å². The van der Waals surface area contributed by atoms with Gasteiger partial charge in [-0.25, -0.2) is 9.18 Å². The zero-order valence-corrected chi connectivity index (χ0v) is 12.5. The number of H-pyrrole nitrogens is 1. The zero-order valence-electron chi connectivity index (χ0n) is 12.5. The summed E-state index contributed by atoms with van der Waals surface area (Å²) in [6.07, 6.45) is 1.26. The van der Waals surface area contributed by atoms with Gasteiger partial charge in [0.15, 0.2) is 0 Å². The summed E-state index contributed by atoms with van der Waals surface area (Å²) in [6.45, 7) is 0.485. The van der Waals surface area contributed by atoms with E-state index in [9.17, 15) is 14.3 Å². The summed E-state index contributed by atoms with van der Waals surface area (Å²) in [5, 5.41) is 10.2. The van der Waals surface area contributed by atoms with Gasteiger partial charge in [-0.2, -0.15) is 0 Å². The zero-order chi connectivity index (χ0) is 16.4. The van der Waals surface area contributed by atoms with Crippen LogP contribution >= 0.6 is 0 Å². The highest BCUT2D eigenvalue weighted by Gasteiger charge is 2.17. The van der Waals surface area contributed by atoms with E-state index in [4.69, 9.17) is 5.73 Å². The molecule has 0 aliphatic rings. The summed E-state index contributed by atoms with van der Waals surface area (Å²) in [5.41, 5.74) is 8.40. The number of aromatic nitrogens is 1. The highest BCUT2D eigenvalue weighted by Crippen LogP contribution is 2.30. The number of nitrogens with two attached hydrogens (primary N) is 1. The van der Waals surface area contributed by atoms with Gasteiger partial charge in [0.25, 0.3) is 0 Å². The third-order valence-electron chi connectivity index (χ3n) is 3.94. The van der Waals surface area contributed by atoms with Gasteiger partial charge in [-0.3, -0.25) is 0 Å². The largest absolute Gasteiger partial charge is 0.477 e. The maximum atomic E-state index is 14.0. The first kappa shape index (κ1) is 15.2. The number of halogens is 1. The molecule has 5 heteroatoms. The fraction of sp³-hybridized carbons (Fsp3) is 0.167. The van der Waals surface area contributed by atoms with E-state index in [1.165, 1.54) is 6.07 Å². The molecule has 0 fully saturated rings. The monoisotopic (exact) mass is 312 g/mol. The van der Waals surface area contributed by atoms with E-state index in [-0.39, 0.29) is 11.5 Å². The fourth-order valence-electron chi connectivity index (χ4n) is 2.83. The van der Waals surface area contributed by atoms with Crippen LogP contribution in [0.1, 0.15) is 22.5 Å². The topological polar surface area (TPSA) is 79.1 Å². The van der Waals surface area contributed by atoms with Crippen molar-refractivity contribution in [2.45, 2.75) is 12.8 Å². The van der Waals surface area contributed by atoms with Crippen molar-refractivity contribution in [2.24, 2.45) is 5.73 Å². The predicted octanol–water partition coefficient (Wildman–Crippen LogP) is 3.56. The quantitative estimate of drug-likeness (QED) is 0.674. The second-order valence-corrected chi connectivity index (χ2v) is 5.42. The van der Waals surface area contributed by atoms with Gasteiger partial charge in [-0.15, -0.1) is 0 Å². The lowest BCUT2D eigenvalue weighted by atomic mass is 9.99. The SMILES string of the molecule is NCCCc1c(C(=O)O)[nH]c2ccc(-c3ccccc3F)cc12. The number of carboxylic acid groups (broad SMARTS) is 1. The van der Waals surface area contributed by atoms with Crippen LogP contribution in [0.4, 0.5) is 4.39 Å². The number of carboxylic acids is 1. The molecule has 118 valence electrons. The number of carbonyl (C=O) groups is 1. The Labute approximate surface area is 132 Å². The van der Waals surface area contributed by atoms with Crippen molar-refractivity contribution in [3.63, 3.8) is 0 Å². The molecule has 0 aliphatic heterocycles. The molecule has 1 aromatic heterocycles. The van der Waals surface area contributed by atoms with E-state index in [1.54, 1.807) is 30.3 Å². The van der Waals surface area contributed by atoms with Crippen LogP contribution in [0.15, 0.2) is 42.5 Å². The number of aromatic carboxylic acids is 1. The van der Waals surface area contributed by atoms with E-state index in [0.29, 0.717) is 24.9 Å². The minimum absolute atomic E-state index is 0.180. The van der Waals surface area contributed by atoms with Crippen LogP contribution in [0, 0.1) is 5.82 Å². The van der Waals surface area contributed by atoms with Crippen LogP contribution in [-0.4, -0.2) is 22.6 Å². The Hall–Kier alpha value is -2.66. The molecule has 0 aliphatic carbocycles. The van der Waals surface area contributed by atoms with Gasteiger partial charge in [0.05, 0.1) is 0 Å². The molecule has 4 N–H and O–H groups in total. The molecule has 0 saturated carbocycles. The highest BCUT2D eigenvalue weighted by atomic mass is 19.1. The van der Waals surface area contributed by atoms with E-state index < -0.39 is 5.97 Å². The number of aromatic amines is 1. The number of hydrogen-bond acceptors (Lipinski definition) is 2. The molecule has 0 bridgehead atoms. The summed E-state index contributed by atoms with van der Waals surface area (Å²) >= 11 is 0. The molecule has 3 aromatic rings. The Morgan fingerprint density at radius 3 is 2.70 bits per heavy atom. The smallest absolute Gasteiger partial charge is 0.352 e. The lowest BCUT2D eigenvalue weighted by Crippen LogP contribution is -2.05. The molecule has 0 unspecified atom stereocenters. The molecule has 0 radical (unpaired) electrons. The summed E-state index contributed by atoms with van der Waals surface area (Å²) in [5.74, 6) is -1.30. The Morgan fingerprint density at radius 2 is 2.00 bits per heavy atom. The first-order valence-corrected chi connectivity index (χ1v) is 7.44. The number of aryl methyl sites for hydroxylation is 1. The predicted molar refractivity (Wildman–Crippen MR) is 88.0 cm³/mol. The molecule has 4 nitrogen and oxygen atoms in total. The number of nitrogens with one attached hydrogen (secondary N) is 1. The Balaban J connectivity index is 2.18. The third-order valence-corrected chi connectivity index (χ3v) is 3.94. The van der Waals surface area contributed by atoms with Crippen LogP contribution in [0.3, 0.4) is 0 Å². The van der Waals surface area contributed by atoms with Crippen molar-refractivity contribution in [3.8, 4) is 11.1 Å². The van der Waals surface area contributed by atoms with E-state index in [2.05, 4.69) is 4.98 Å². The van der Waals surface area contributed by atoms with Crippen LogP contribution in [0.5, 0.6) is 0 Å². The highest BCUT2D eigenvalue weighted by molar-refractivity contribution is 5.98. The molecule has 0 spiro atoms. The van der Waals surface area contributed by atoms with E-state index in [1.807, 2.05) is 6.07 Å². The molecular formula is C18H17FN2O2. The molecule has 3 rings (SSSR count). The first-order chi connectivity index (χ1) is 11.1. The van der Waals surface area contributed by atoms with Crippen LogP contribution in [-0.2, 0) is 6.42 Å². The Bertz CT molecular complexity index is 871. The lowest BCUT2D eigenvalue weighted by Gasteiger charge is -2.05. The molecule has 0 amide bonds. The maximum Gasteiger partial charge on any atom is 0.352 e. The summed E-state index contributed by atoms with van der Waals surface area (Å²) < 4.78 is 14.0. The van der Waals surface area contributed by atoms with Crippen molar-refractivity contribution in [1.82, 2.24) is 4.98 Å². The molecular weight excluding hydrogens is 295 g/mol. The average molecular weight is 312 g/mol. The maximum absolute atomic E-state index is 14.0. The van der Waals surface area contributed by atoms with Gasteiger partial charge in [-0.1, -0.05) is 24.3 Å². The average Bonchev–Trinajstić information content (AvgIpc) is 2.91. The second-order valence-electron chi connectivity index (χ2n) is 5.42. The molecule has 23 heavy (non-hydrogen) atoms. The second kappa shape index (κ2) is 6.22. The minimum Gasteiger partial charge on any atom is -0.477 e. The normalized spacial score (nSPS) is 11.0. The standard InChI is InChI=1S/C18H17FN2O2/c19-15-6-2-1-4-12(15)11-7-8-16-14(10-11)13(5-3-9-20)17(21-16)18(22)23/h1-2,4,6-8,10,21H,3,5,9,20H2,(H,22,23). The van der Waals surface area contributed by atoms with Gasteiger partial charge in [0, 0.05) is 16.5 Å². The minimum atomic E-state index is -0.999. The molecule has 0 saturated heterocycles. The summed E-state index contributed by atoms with van der Waals surface area (Å²) in [7, 11) is 0. The van der Waals surface area contributed by atoms with Gasteiger partial charge in [0.1, 0.15) is 11.5 Å². The summed E-state index contributed by atoms with van der Waals surface area (Å²) in [6, 6.07) is 11.9. The van der Waals surface area contributed by atoms with Crippen molar-refractivity contribution in [3.05, 3.63) is 59.5 Å². The molecule has 1 heterocycles. The Morgan fingerprint density at radius 1 is 1.22 bits per heavy atom. The number of fused-ring (bicyclic) bond motifs is 1. The third kappa shape index (κ3) is 2.83. The van der Waals surface area contributed by atoms with Gasteiger partial charge in [0.2, 0.25) is 0 Å². The van der Waals surface area contributed by atoms with Crippen LogP contribution in [0.2, 0.25) is 0 Å². The Kier molecular flexibility index (Phi) is 4.12. The van der Waals surface area contributed by atoms with Gasteiger partial charge < -0.3 is 15.8 Å².